The summed E-state index contributed by atoms with van der Waals surface area (Å²) in [5.74, 6) is 1.43. The summed E-state index contributed by atoms with van der Waals surface area (Å²) in [4.78, 5) is 0. The largest absolute Gasteiger partial charge is 0.389 e. The summed E-state index contributed by atoms with van der Waals surface area (Å²) in [6, 6.07) is 0.512. The van der Waals surface area contributed by atoms with Crippen LogP contribution >= 0.6 is 0 Å². The lowest BCUT2D eigenvalue weighted by molar-refractivity contribution is -0.00981. The first kappa shape index (κ1) is 17.9. The number of rotatable bonds is 9. The average molecular weight is 285 g/mol. The van der Waals surface area contributed by atoms with Crippen LogP contribution in [-0.4, -0.2) is 36.5 Å². The van der Waals surface area contributed by atoms with Crippen molar-refractivity contribution >= 4 is 0 Å². The van der Waals surface area contributed by atoms with Gasteiger partial charge >= 0.3 is 0 Å². The van der Waals surface area contributed by atoms with Crippen molar-refractivity contribution in [2.75, 3.05) is 13.2 Å². The molecule has 0 spiro atoms. The molecule has 0 saturated heterocycles. The molecule has 1 aliphatic rings. The smallest absolute Gasteiger partial charge is 0.0897 e. The minimum atomic E-state index is -0.393. The summed E-state index contributed by atoms with van der Waals surface area (Å²) in [5, 5.41) is 13.5. The van der Waals surface area contributed by atoms with E-state index in [-0.39, 0.29) is 6.10 Å². The quantitative estimate of drug-likeness (QED) is 0.682. The highest BCUT2D eigenvalue weighted by Crippen LogP contribution is 2.26. The highest BCUT2D eigenvalue weighted by molar-refractivity contribution is 4.77. The predicted molar refractivity (Wildman–Crippen MR) is 84.9 cm³/mol. The van der Waals surface area contributed by atoms with Crippen molar-refractivity contribution in [3.8, 4) is 0 Å². The molecule has 3 unspecified atom stereocenters. The van der Waals surface area contributed by atoms with E-state index in [1.807, 2.05) is 0 Å². The van der Waals surface area contributed by atoms with Crippen LogP contribution < -0.4 is 5.32 Å². The van der Waals surface area contributed by atoms with Crippen LogP contribution in [0, 0.1) is 11.8 Å². The summed E-state index contributed by atoms with van der Waals surface area (Å²) in [7, 11) is 0. The van der Waals surface area contributed by atoms with E-state index in [2.05, 4.69) is 33.0 Å². The van der Waals surface area contributed by atoms with Gasteiger partial charge in [-0.05, 0) is 44.9 Å². The maximum atomic E-state index is 9.99. The molecule has 0 aromatic heterocycles. The van der Waals surface area contributed by atoms with E-state index in [1.54, 1.807) is 0 Å². The van der Waals surface area contributed by atoms with Gasteiger partial charge in [0.05, 0.1) is 18.8 Å². The lowest BCUT2D eigenvalue weighted by Gasteiger charge is -2.29. The molecule has 1 saturated carbocycles. The predicted octanol–water partition coefficient (Wildman–Crippen LogP) is 3.36. The van der Waals surface area contributed by atoms with Crippen LogP contribution in [0.1, 0.15) is 66.2 Å². The summed E-state index contributed by atoms with van der Waals surface area (Å²) in [5.41, 5.74) is 0. The second-order valence-electron chi connectivity index (χ2n) is 7.02. The Morgan fingerprint density at radius 2 is 1.75 bits per heavy atom. The molecule has 0 radical (unpaired) electrons. The van der Waals surface area contributed by atoms with Gasteiger partial charge in [0, 0.05) is 12.6 Å². The van der Waals surface area contributed by atoms with Crippen molar-refractivity contribution in [2.45, 2.75) is 84.5 Å². The minimum Gasteiger partial charge on any atom is -0.389 e. The second-order valence-corrected chi connectivity index (χ2v) is 7.02. The van der Waals surface area contributed by atoms with Gasteiger partial charge in [-0.2, -0.15) is 0 Å². The van der Waals surface area contributed by atoms with Gasteiger partial charge in [-0.25, -0.2) is 0 Å². The molecule has 1 fully saturated rings. The van der Waals surface area contributed by atoms with Gasteiger partial charge in [-0.1, -0.05) is 33.1 Å². The van der Waals surface area contributed by atoms with Gasteiger partial charge in [-0.3, -0.25) is 0 Å². The monoisotopic (exact) mass is 285 g/mol. The van der Waals surface area contributed by atoms with E-state index in [0.717, 1.165) is 12.3 Å². The number of hydrogen-bond donors (Lipinski definition) is 2. The van der Waals surface area contributed by atoms with Crippen molar-refractivity contribution in [3.63, 3.8) is 0 Å². The van der Waals surface area contributed by atoms with E-state index in [0.29, 0.717) is 25.1 Å². The molecule has 2 N–H and O–H groups in total. The standard InChI is InChI=1S/C17H35NO2/c1-13(2)10-14(3)20-12-17(19)11-18-15(4)16-8-6-5-7-9-16/h13-19H,5-12H2,1-4H3. The number of aliphatic hydroxyl groups is 1. The topological polar surface area (TPSA) is 41.5 Å². The lowest BCUT2D eigenvalue weighted by Crippen LogP contribution is -2.40. The Morgan fingerprint density at radius 3 is 2.35 bits per heavy atom. The first-order valence-electron chi connectivity index (χ1n) is 8.52. The van der Waals surface area contributed by atoms with Crippen LogP contribution in [0.5, 0.6) is 0 Å². The molecular weight excluding hydrogens is 250 g/mol. The van der Waals surface area contributed by atoms with Gasteiger partial charge in [-0.15, -0.1) is 0 Å². The van der Waals surface area contributed by atoms with Crippen molar-refractivity contribution in [2.24, 2.45) is 11.8 Å². The first-order valence-corrected chi connectivity index (χ1v) is 8.52. The molecule has 20 heavy (non-hydrogen) atoms. The van der Waals surface area contributed by atoms with E-state index in [1.165, 1.54) is 32.1 Å². The average Bonchev–Trinajstić information content (AvgIpc) is 2.42. The van der Waals surface area contributed by atoms with Crippen molar-refractivity contribution in [1.82, 2.24) is 5.32 Å². The zero-order valence-corrected chi connectivity index (χ0v) is 13.9. The molecule has 0 amide bonds. The maximum Gasteiger partial charge on any atom is 0.0897 e. The van der Waals surface area contributed by atoms with E-state index in [9.17, 15) is 5.11 Å². The molecule has 0 aromatic rings. The zero-order valence-electron chi connectivity index (χ0n) is 13.9. The summed E-state index contributed by atoms with van der Waals surface area (Å²) >= 11 is 0. The fourth-order valence-corrected chi connectivity index (χ4v) is 3.19. The summed E-state index contributed by atoms with van der Waals surface area (Å²) in [6.07, 6.45) is 7.71. The number of aliphatic hydroxyl groups excluding tert-OH is 1. The minimum absolute atomic E-state index is 0.236. The normalized spacial score (nSPS) is 21.9. The number of hydrogen-bond acceptors (Lipinski definition) is 3. The lowest BCUT2D eigenvalue weighted by atomic mass is 9.84. The summed E-state index contributed by atoms with van der Waals surface area (Å²) in [6.45, 7) is 9.83. The van der Waals surface area contributed by atoms with Gasteiger partial charge in [0.1, 0.15) is 0 Å². The first-order chi connectivity index (χ1) is 9.49. The molecule has 0 bridgehead atoms. The van der Waals surface area contributed by atoms with Crippen molar-refractivity contribution in [3.05, 3.63) is 0 Å². The second kappa shape index (κ2) is 9.75. The fraction of sp³-hybridized carbons (Fsp3) is 1.00. The zero-order chi connectivity index (χ0) is 15.0. The third kappa shape index (κ3) is 7.61. The molecule has 120 valence electrons. The van der Waals surface area contributed by atoms with Crippen LogP contribution in [-0.2, 0) is 4.74 Å². The summed E-state index contributed by atoms with van der Waals surface area (Å²) < 4.78 is 5.70. The maximum absolute atomic E-state index is 9.99. The van der Waals surface area contributed by atoms with Crippen LogP contribution in [0.25, 0.3) is 0 Å². The Labute approximate surface area is 125 Å². The van der Waals surface area contributed by atoms with Crippen LogP contribution in [0.2, 0.25) is 0 Å². The SMILES string of the molecule is CC(C)CC(C)OCC(O)CNC(C)C1CCCCC1. The van der Waals surface area contributed by atoms with Gasteiger partial charge in [0.25, 0.3) is 0 Å². The Morgan fingerprint density at radius 1 is 1.10 bits per heavy atom. The Bertz CT molecular complexity index is 239. The molecule has 3 nitrogen and oxygen atoms in total. The van der Waals surface area contributed by atoms with E-state index in [4.69, 9.17) is 4.74 Å². The van der Waals surface area contributed by atoms with Gasteiger partial charge in [0.2, 0.25) is 0 Å². The number of nitrogens with one attached hydrogen (secondary N) is 1. The molecular formula is C17H35NO2. The van der Waals surface area contributed by atoms with Gasteiger partial charge in [0.15, 0.2) is 0 Å². The fourth-order valence-electron chi connectivity index (χ4n) is 3.19. The Hall–Kier alpha value is -0.120. The van der Waals surface area contributed by atoms with Crippen molar-refractivity contribution < 1.29 is 9.84 Å². The van der Waals surface area contributed by atoms with Crippen molar-refractivity contribution in [1.29, 1.82) is 0 Å². The van der Waals surface area contributed by atoms with Crippen LogP contribution in [0.4, 0.5) is 0 Å². The molecule has 0 aromatic carbocycles. The van der Waals surface area contributed by atoms with Crippen LogP contribution in [0.15, 0.2) is 0 Å². The number of ether oxygens (including phenoxy) is 1. The molecule has 1 rings (SSSR count). The molecule has 1 aliphatic carbocycles. The molecule has 3 atom stereocenters. The molecule has 3 heteroatoms. The van der Waals surface area contributed by atoms with Gasteiger partial charge < -0.3 is 15.2 Å². The molecule has 0 heterocycles. The van der Waals surface area contributed by atoms with E-state index >= 15 is 0 Å². The van der Waals surface area contributed by atoms with Crippen LogP contribution in [0.3, 0.4) is 0 Å². The van der Waals surface area contributed by atoms with E-state index < -0.39 is 6.10 Å². The Kier molecular flexibility index (Phi) is 8.74. The Balaban J connectivity index is 2.10. The third-order valence-electron chi connectivity index (χ3n) is 4.41. The molecule has 0 aliphatic heterocycles. The highest BCUT2D eigenvalue weighted by atomic mass is 16.5. The third-order valence-corrected chi connectivity index (χ3v) is 4.41. The highest BCUT2D eigenvalue weighted by Gasteiger charge is 2.20.